The van der Waals surface area contributed by atoms with Gasteiger partial charge in [-0.1, -0.05) is 49.2 Å². The fourth-order valence-corrected chi connectivity index (χ4v) is 1.64. The molecule has 1 aromatic rings. The quantitative estimate of drug-likeness (QED) is 0.683. The van der Waals surface area contributed by atoms with Crippen molar-refractivity contribution in [1.82, 2.24) is 0 Å². The van der Waals surface area contributed by atoms with E-state index in [-0.39, 0.29) is 5.78 Å². The van der Waals surface area contributed by atoms with Crippen molar-refractivity contribution in [2.24, 2.45) is 0 Å². The molecule has 0 N–H and O–H groups in total. The van der Waals surface area contributed by atoms with E-state index in [0.29, 0.717) is 6.42 Å². The van der Waals surface area contributed by atoms with Crippen LogP contribution in [-0.2, 0) is 11.2 Å². The van der Waals surface area contributed by atoms with Crippen LogP contribution in [0.25, 0.3) is 0 Å². The molecular weight excluding hydrogens is 196 g/mol. The average Bonchev–Trinajstić information content (AvgIpc) is 2.29. The number of ketones is 1. The minimum Gasteiger partial charge on any atom is -0.294 e. The van der Waals surface area contributed by atoms with Gasteiger partial charge in [0.2, 0.25) is 0 Å². The van der Waals surface area contributed by atoms with Gasteiger partial charge in [0.1, 0.15) is 0 Å². The van der Waals surface area contributed by atoms with Gasteiger partial charge in [0.25, 0.3) is 0 Å². The van der Waals surface area contributed by atoms with Crippen molar-refractivity contribution >= 4 is 5.78 Å². The summed E-state index contributed by atoms with van der Waals surface area (Å²) < 4.78 is 0. The third-order valence-corrected chi connectivity index (χ3v) is 2.77. The van der Waals surface area contributed by atoms with Gasteiger partial charge in [0.05, 0.1) is 0 Å². The summed E-state index contributed by atoms with van der Waals surface area (Å²) in [6.45, 7) is 6.24. The van der Waals surface area contributed by atoms with E-state index >= 15 is 0 Å². The zero-order chi connectivity index (χ0) is 12.0. The third-order valence-electron chi connectivity index (χ3n) is 2.77. The first-order chi connectivity index (χ1) is 7.65. The lowest BCUT2D eigenvalue weighted by molar-refractivity contribution is -0.114. The van der Waals surface area contributed by atoms with Crippen LogP contribution in [0.1, 0.15) is 37.8 Å². The molecule has 0 bridgehead atoms. The zero-order valence-electron chi connectivity index (χ0n) is 10.4. The molecule has 16 heavy (non-hydrogen) atoms. The first-order valence-electron chi connectivity index (χ1n) is 5.93. The van der Waals surface area contributed by atoms with Gasteiger partial charge in [-0.2, -0.15) is 0 Å². The molecular formula is C15H20O. The molecule has 1 rings (SSSR count). The number of allylic oxidation sites excluding steroid dienone is 2. The molecule has 0 aromatic heterocycles. The second-order valence-corrected chi connectivity index (χ2v) is 4.14. The Morgan fingerprint density at radius 1 is 1.12 bits per heavy atom. The van der Waals surface area contributed by atoms with Crippen molar-refractivity contribution in [1.29, 1.82) is 0 Å². The monoisotopic (exact) mass is 216 g/mol. The first-order valence-corrected chi connectivity index (χ1v) is 5.93. The molecule has 0 aliphatic rings. The van der Waals surface area contributed by atoms with Crippen LogP contribution in [0.15, 0.2) is 35.9 Å². The van der Waals surface area contributed by atoms with Crippen LogP contribution in [0.4, 0.5) is 0 Å². The fraction of sp³-hybridized carbons (Fsp3) is 0.400. The molecule has 1 heteroatoms. The maximum Gasteiger partial charge on any atom is 0.160 e. The largest absolute Gasteiger partial charge is 0.294 e. The van der Waals surface area contributed by atoms with Gasteiger partial charge in [-0.25, -0.2) is 0 Å². The Bertz CT molecular complexity index is 365. The van der Waals surface area contributed by atoms with Crippen molar-refractivity contribution in [2.45, 2.75) is 40.0 Å². The normalized spacial score (nSPS) is 9.94. The highest BCUT2D eigenvalue weighted by atomic mass is 16.1. The Balaban J connectivity index is 2.64. The molecule has 0 amide bonds. The van der Waals surface area contributed by atoms with Crippen LogP contribution in [0.3, 0.4) is 0 Å². The van der Waals surface area contributed by atoms with Gasteiger partial charge in [-0.3, -0.25) is 4.79 Å². The maximum atomic E-state index is 11.7. The lowest BCUT2D eigenvalue weighted by atomic mass is 10.0. The van der Waals surface area contributed by atoms with E-state index in [1.807, 2.05) is 24.3 Å². The van der Waals surface area contributed by atoms with E-state index in [1.165, 1.54) is 11.1 Å². The Labute approximate surface area is 98.2 Å². The average molecular weight is 216 g/mol. The lowest BCUT2D eigenvalue weighted by Gasteiger charge is -2.01. The number of rotatable bonds is 5. The second kappa shape index (κ2) is 6.26. The summed E-state index contributed by atoms with van der Waals surface area (Å²) in [5.41, 5.74) is 3.56. The molecule has 86 valence electrons. The van der Waals surface area contributed by atoms with Crippen LogP contribution < -0.4 is 0 Å². The molecule has 0 fully saturated rings. The summed E-state index contributed by atoms with van der Waals surface area (Å²) in [7, 11) is 0. The smallest absolute Gasteiger partial charge is 0.160 e. The molecule has 0 aliphatic heterocycles. The van der Waals surface area contributed by atoms with Gasteiger partial charge >= 0.3 is 0 Å². The zero-order valence-corrected chi connectivity index (χ0v) is 10.4. The topological polar surface area (TPSA) is 17.1 Å². The SMILES string of the molecule is CCC(=CC(=O)Cc1ccc(C)cc1)CC. The van der Waals surface area contributed by atoms with Gasteiger partial charge in [-0.05, 0) is 31.4 Å². The van der Waals surface area contributed by atoms with Gasteiger partial charge in [0, 0.05) is 6.42 Å². The summed E-state index contributed by atoms with van der Waals surface area (Å²) in [6.07, 6.45) is 4.26. The Morgan fingerprint density at radius 2 is 1.69 bits per heavy atom. The van der Waals surface area contributed by atoms with E-state index < -0.39 is 0 Å². The summed E-state index contributed by atoms with van der Waals surface area (Å²) >= 11 is 0. The molecule has 0 spiro atoms. The van der Waals surface area contributed by atoms with Crippen molar-refractivity contribution in [3.05, 3.63) is 47.0 Å². The van der Waals surface area contributed by atoms with E-state index in [9.17, 15) is 4.79 Å². The molecule has 1 aromatic carbocycles. The number of aryl methyl sites for hydroxylation is 1. The van der Waals surface area contributed by atoms with Gasteiger partial charge in [-0.15, -0.1) is 0 Å². The molecule has 0 aliphatic carbocycles. The highest BCUT2D eigenvalue weighted by molar-refractivity contribution is 5.92. The highest BCUT2D eigenvalue weighted by Gasteiger charge is 2.01. The van der Waals surface area contributed by atoms with Crippen molar-refractivity contribution in [3.8, 4) is 0 Å². The minimum absolute atomic E-state index is 0.211. The van der Waals surface area contributed by atoms with E-state index in [4.69, 9.17) is 0 Å². The molecule has 0 heterocycles. The third kappa shape index (κ3) is 4.01. The number of carbonyl (C=O) groups excluding carboxylic acids is 1. The van der Waals surface area contributed by atoms with E-state index in [0.717, 1.165) is 18.4 Å². The lowest BCUT2D eigenvalue weighted by Crippen LogP contribution is -2.00. The summed E-state index contributed by atoms with van der Waals surface area (Å²) in [6, 6.07) is 8.15. The number of carbonyl (C=O) groups is 1. The summed E-state index contributed by atoms with van der Waals surface area (Å²) in [4.78, 5) is 11.7. The molecule has 0 atom stereocenters. The molecule has 0 saturated heterocycles. The molecule has 0 saturated carbocycles. The van der Waals surface area contributed by atoms with E-state index in [2.05, 4.69) is 20.8 Å². The summed E-state index contributed by atoms with van der Waals surface area (Å²) in [5.74, 6) is 0.211. The summed E-state index contributed by atoms with van der Waals surface area (Å²) in [5, 5.41) is 0. The van der Waals surface area contributed by atoms with Crippen molar-refractivity contribution in [2.75, 3.05) is 0 Å². The molecule has 0 radical (unpaired) electrons. The maximum absolute atomic E-state index is 11.7. The van der Waals surface area contributed by atoms with Crippen LogP contribution in [-0.4, -0.2) is 5.78 Å². The number of hydrogen-bond donors (Lipinski definition) is 0. The standard InChI is InChI=1S/C15H20O/c1-4-13(5-2)10-15(16)11-14-8-6-12(3)7-9-14/h6-10H,4-5,11H2,1-3H3. The highest BCUT2D eigenvalue weighted by Crippen LogP contribution is 2.08. The Hall–Kier alpha value is -1.37. The minimum atomic E-state index is 0.211. The van der Waals surface area contributed by atoms with Crippen LogP contribution in [0, 0.1) is 6.92 Å². The van der Waals surface area contributed by atoms with Crippen molar-refractivity contribution in [3.63, 3.8) is 0 Å². The second-order valence-electron chi connectivity index (χ2n) is 4.14. The predicted molar refractivity (Wildman–Crippen MR) is 68.6 cm³/mol. The van der Waals surface area contributed by atoms with Crippen molar-refractivity contribution < 1.29 is 4.79 Å². The van der Waals surface area contributed by atoms with Gasteiger partial charge < -0.3 is 0 Å². The van der Waals surface area contributed by atoms with Crippen LogP contribution >= 0.6 is 0 Å². The fourth-order valence-electron chi connectivity index (χ4n) is 1.64. The first kappa shape index (κ1) is 12.7. The number of hydrogen-bond acceptors (Lipinski definition) is 1. The Kier molecular flexibility index (Phi) is 4.97. The van der Waals surface area contributed by atoms with Gasteiger partial charge in [0.15, 0.2) is 5.78 Å². The van der Waals surface area contributed by atoms with Crippen LogP contribution in [0.2, 0.25) is 0 Å². The number of benzene rings is 1. The molecule has 0 unspecified atom stereocenters. The van der Waals surface area contributed by atoms with Crippen LogP contribution in [0.5, 0.6) is 0 Å². The molecule has 1 nitrogen and oxygen atoms in total. The van der Waals surface area contributed by atoms with E-state index in [1.54, 1.807) is 6.08 Å². The Morgan fingerprint density at radius 3 is 2.19 bits per heavy atom. The predicted octanol–water partition coefficient (Wildman–Crippen LogP) is 3.85.